The molecule has 7 heteroatoms. The fraction of sp³-hybridized carbons (Fsp3) is 0.300. The van der Waals surface area contributed by atoms with Gasteiger partial charge in [-0.25, -0.2) is 15.0 Å². The molecule has 0 saturated carbocycles. The molecule has 2 aromatic rings. The van der Waals surface area contributed by atoms with Crippen LogP contribution in [0.25, 0.3) is 0 Å². The molecule has 0 amide bonds. The quantitative estimate of drug-likeness (QED) is 0.624. The summed E-state index contributed by atoms with van der Waals surface area (Å²) in [4.78, 5) is 12.3. The van der Waals surface area contributed by atoms with Gasteiger partial charge < -0.3 is 16.0 Å². The summed E-state index contributed by atoms with van der Waals surface area (Å²) in [5.74, 6) is 1.53. The summed E-state index contributed by atoms with van der Waals surface area (Å²) in [6.07, 6.45) is 3.65. The zero-order chi connectivity index (χ0) is 12.3. The van der Waals surface area contributed by atoms with Gasteiger partial charge in [0.1, 0.15) is 11.6 Å². The number of nitrogen functional groups attached to an aromatic ring is 2. The Hall–Kier alpha value is -1.76. The van der Waals surface area contributed by atoms with E-state index in [1.807, 2.05) is 12.5 Å². The molecule has 2 heterocycles. The van der Waals surface area contributed by atoms with Crippen LogP contribution in [0, 0.1) is 0 Å². The Morgan fingerprint density at radius 1 is 1.29 bits per heavy atom. The number of aryl methyl sites for hydroxylation is 1. The zero-order valence-electron chi connectivity index (χ0n) is 9.50. The third kappa shape index (κ3) is 2.88. The van der Waals surface area contributed by atoms with Gasteiger partial charge in [0.2, 0.25) is 0 Å². The summed E-state index contributed by atoms with van der Waals surface area (Å²) < 4.78 is 2.07. The van der Waals surface area contributed by atoms with Crippen LogP contribution in [-0.2, 0) is 12.3 Å². The van der Waals surface area contributed by atoms with Gasteiger partial charge in [-0.2, -0.15) is 0 Å². The fourth-order valence-electron chi connectivity index (χ4n) is 1.42. The summed E-state index contributed by atoms with van der Waals surface area (Å²) in [6, 6.07) is 1.54. The Morgan fingerprint density at radius 3 is 2.65 bits per heavy atom. The second kappa shape index (κ2) is 5.05. The van der Waals surface area contributed by atoms with Gasteiger partial charge in [-0.1, -0.05) is 11.8 Å². The molecular formula is C10H14N6S. The van der Waals surface area contributed by atoms with Gasteiger partial charge in [0.15, 0.2) is 5.16 Å². The number of anilines is 2. The number of nitrogens with two attached hydrogens (primary N) is 2. The Bertz CT molecular complexity index is 489. The maximum Gasteiger partial charge on any atom is 0.191 e. The highest BCUT2D eigenvalue weighted by atomic mass is 32.2. The van der Waals surface area contributed by atoms with Crippen molar-refractivity contribution in [3.8, 4) is 0 Å². The first-order chi connectivity index (χ1) is 8.19. The van der Waals surface area contributed by atoms with Gasteiger partial charge in [0.25, 0.3) is 0 Å². The van der Waals surface area contributed by atoms with Gasteiger partial charge in [-0.3, -0.25) is 0 Å². The third-order valence-electron chi connectivity index (χ3n) is 2.23. The molecule has 0 bridgehead atoms. The van der Waals surface area contributed by atoms with Crippen molar-refractivity contribution in [1.82, 2.24) is 19.5 Å². The minimum absolute atomic E-state index is 0.393. The number of hydrogen-bond donors (Lipinski definition) is 2. The molecule has 0 aliphatic rings. The Kier molecular flexibility index (Phi) is 3.48. The number of hydrogen-bond acceptors (Lipinski definition) is 6. The van der Waals surface area contributed by atoms with E-state index in [9.17, 15) is 0 Å². The van der Waals surface area contributed by atoms with Crippen LogP contribution in [0.4, 0.5) is 11.6 Å². The number of rotatable bonds is 4. The summed E-state index contributed by atoms with van der Waals surface area (Å²) in [6.45, 7) is 2.97. The molecule has 0 aromatic carbocycles. The lowest BCUT2D eigenvalue weighted by Crippen LogP contribution is -2.01. The molecule has 6 nitrogen and oxygen atoms in total. The SMILES string of the molecule is CCn1cncc1CSc1nc(N)cc(N)n1. The maximum atomic E-state index is 5.60. The lowest BCUT2D eigenvalue weighted by atomic mass is 10.5. The second-order valence-corrected chi connectivity index (χ2v) is 4.40. The van der Waals surface area contributed by atoms with E-state index in [4.69, 9.17) is 11.5 Å². The smallest absolute Gasteiger partial charge is 0.191 e. The van der Waals surface area contributed by atoms with E-state index >= 15 is 0 Å². The first-order valence-corrected chi connectivity index (χ1v) is 6.19. The van der Waals surface area contributed by atoms with Gasteiger partial charge in [-0.05, 0) is 6.92 Å². The monoisotopic (exact) mass is 250 g/mol. The molecule has 0 aliphatic heterocycles. The third-order valence-corrected chi connectivity index (χ3v) is 3.11. The lowest BCUT2D eigenvalue weighted by Gasteiger charge is -2.05. The predicted molar refractivity (Wildman–Crippen MR) is 68.3 cm³/mol. The van der Waals surface area contributed by atoms with Crippen LogP contribution >= 0.6 is 11.8 Å². The summed E-state index contributed by atoms with van der Waals surface area (Å²) in [5.41, 5.74) is 12.3. The minimum Gasteiger partial charge on any atom is -0.383 e. The van der Waals surface area contributed by atoms with Crippen LogP contribution in [0.2, 0.25) is 0 Å². The highest BCUT2D eigenvalue weighted by Crippen LogP contribution is 2.20. The molecule has 0 fully saturated rings. The van der Waals surface area contributed by atoms with E-state index in [1.165, 1.54) is 11.8 Å². The van der Waals surface area contributed by atoms with E-state index < -0.39 is 0 Å². The zero-order valence-corrected chi connectivity index (χ0v) is 10.3. The highest BCUT2D eigenvalue weighted by molar-refractivity contribution is 7.98. The summed E-state index contributed by atoms with van der Waals surface area (Å²) in [7, 11) is 0. The minimum atomic E-state index is 0.393. The van der Waals surface area contributed by atoms with Crippen LogP contribution in [0.15, 0.2) is 23.7 Å². The Labute approximate surface area is 103 Å². The first kappa shape index (κ1) is 11.7. The number of aromatic nitrogens is 4. The van der Waals surface area contributed by atoms with Crippen molar-refractivity contribution in [2.75, 3.05) is 11.5 Å². The van der Waals surface area contributed by atoms with E-state index in [2.05, 4.69) is 26.4 Å². The summed E-state index contributed by atoms with van der Waals surface area (Å²) in [5, 5.41) is 0.589. The second-order valence-electron chi connectivity index (χ2n) is 3.46. The average molecular weight is 250 g/mol. The molecule has 0 atom stereocenters. The highest BCUT2D eigenvalue weighted by Gasteiger charge is 2.05. The van der Waals surface area contributed by atoms with Gasteiger partial charge in [0.05, 0.1) is 6.33 Å². The van der Waals surface area contributed by atoms with Crippen LogP contribution in [0.1, 0.15) is 12.6 Å². The van der Waals surface area contributed by atoms with Crippen molar-refractivity contribution in [1.29, 1.82) is 0 Å². The maximum absolute atomic E-state index is 5.60. The van der Waals surface area contributed by atoms with Crippen LogP contribution in [-0.4, -0.2) is 19.5 Å². The predicted octanol–water partition coefficient (Wildman–Crippen LogP) is 1.15. The normalized spacial score (nSPS) is 10.6. The first-order valence-electron chi connectivity index (χ1n) is 5.21. The molecule has 0 aliphatic carbocycles. The van der Waals surface area contributed by atoms with Gasteiger partial charge in [-0.15, -0.1) is 0 Å². The fourth-order valence-corrected chi connectivity index (χ4v) is 2.28. The molecule has 90 valence electrons. The number of nitrogens with zero attached hydrogens (tertiary/aromatic N) is 4. The van der Waals surface area contributed by atoms with Crippen molar-refractivity contribution >= 4 is 23.4 Å². The number of imidazole rings is 1. The molecule has 2 aromatic heterocycles. The molecule has 4 N–H and O–H groups in total. The van der Waals surface area contributed by atoms with Crippen molar-refractivity contribution in [2.24, 2.45) is 0 Å². The van der Waals surface area contributed by atoms with Crippen LogP contribution in [0.3, 0.4) is 0 Å². The molecule has 0 saturated heterocycles. The van der Waals surface area contributed by atoms with E-state index in [-0.39, 0.29) is 0 Å². The molecule has 0 radical (unpaired) electrons. The van der Waals surface area contributed by atoms with E-state index in [0.29, 0.717) is 16.8 Å². The van der Waals surface area contributed by atoms with Crippen LogP contribution < -0.4 is 11.5 Å². The van der Waals surface area contributed by atoms with Gasteiger partial charge >= 0.3 is 0 Å². The van der Waals surface area contributed by atoms with Crippen molar-refractivity contribution in [3.05, 3.63) is 24.3 Å². The van der Waals surface area contributed by atoms with Crippen molar-refractivity contribution < 1.29 is 0 Å². The van der Waals surface area contributed by atoms with E-state index in [1.54, 1.807) is 6.07 Å². The number of thioether (sulfide) groups is 1. The lowest BCUT2D eigenvalue weighted by molar-refractivity contribution is 0.733. The average Bonchev–Trinajstić information content (AvgIpc) is 2.72. The van der Waals surface area contributed by atoms with Gasteiger partial charge in [0, 0.05) is 30.3 Å². The van der Waals surface area contributed by atoms with Crippen LogP contribution in [0.5, 0.6) is 0 Å². The largest absolute Gasteiger partial charge is 0.383 e. The molecule has 2 rings (SSSR count). The standard InChI is InChI=1S/C10H14N6S/c1-2-16-6-13-4-7(16)5-17-10-14-8(11)3-9(12)15-10/h3-4,6H,2,5H2,1H3,(H4,11,12,14,15). The summed E-state index contributed by atoms with van der Waals surface area (Å²) >= 11 is 1.49. The van der Waals surface area contributed by atoms with Crippen molar-refractivity contribution in [3.63, 3.8) is 0 Å². The topological polar surface area (TPSA) is 95.6 Å². The van der Waals surface area contributed by atoms with Crippen molar-refractivity contribution in [2.45, 2.75) is 24.4 Å². The molecule has 17 heavy (non-hydrogen) atoms. The molecule has 0 unspecified atom stereocenters. The molecule has 0 spiro atoms. The Morgan fingerprint density at radius 2 is 2.00 bits per heavy atom. The Balaban J connectivity index is 2.07. The molecular weight excluding hydrogens is 236 g/mol. The van der Waals surface area contributed by atoms with E-state index in [0.717, 1.165) is 18.0 Å².